The molecule has 6 amide bonds. The first-order valence-corrected chi connectivity index (χ1v) is 35.8. The topological polar surface area (TPSA) is 272 Å². The molecule has 566 valence electrons. The number of carbonyl (C=O) groups is 6. The summed E-state index contributed by atoms with van der Waals surface area (Å²) in [6, 6.07) is 32.6. The summed E-state index contributed by atoms with van der Waals surface area (Å²) in [7, 11) is 0. The Kier molecular flexibility index (Phi) is 24.1. The van der Waals surface area contributed by atoms with Gasteiger partial charge in [0.05, 0.1) is 58.3 Å². The van der Waals surface area contributed by atoms with Crippen molar-refractivity contribution >= 4 is 103 Å². The van der Waals surface area contributed by atoms with E-state index >= 15 is 0 Å². The SMILES string of the molecule is CC(C)N1CCN(c2ccc3c(c2)nc(NC(=O)c2cccc(C(F)F)c2)n3CCCO)C(=O)C1.O=C(Nc1nc2cc(N3CCN(C4CC4)CC3=O)ccc2n1CCCO)c1cccc(C(F)(F)F)c1.O=C(Nc1nc2cc(N3CCN(C4CCC4)CC3=O)ccc2n1CCCO)c1cccc(C(F)F)c1. The maximum Gasteiger partial charge on any atom is 0.416 e. The molecule has 2 aliphatic carbocycles. The molecule has 6 aromatic carbocycles. The van der Waals surface area contributed by atoms with Gasteiger partial charge in [-0.3, -0.25) is 59.4 Å². The van der Waals surface area contributed by atoms with Crippen LogP contribution in [0.5, 0.6) is 0 Å². The minimum atomic E-state index is -4.57. The minimum Gasteiger partial charge on any atom is -0.396 e. The summed E-state index contributed by atoms with van der Waals surface area (Å²) in [4.78, 5) is 102. The van der Waals surface area contributed by atoms with Crippen molar-refractivity contribution in [2.45, 2.75) is 122 Å². The van der Waals surface area contributed by atoms with Crippen molar-refractivity contribution in [3.05, 3.63) is 161 Å². The number of hydrogen-bond donors (Lipinski definition) is 6. The second kappa shape index (κ2) is 33.7. The second-order valence-corrected chi connectivity index (χ2v) is 27.3. The summed E-state index contributed by atoms with van der Waals surface area (Å²) in [6.07, 6.45) is -2.83. The van der Waals surface area contributed by atoms with Crippen molar-refractivity contribution in [1.29, 1.82) is 0 Å². The van der Waals surface area contributed by atoms with Gasteiger partial charge in [-0.25, -0.2) is 32.5 Å². The number of imidazole rings is 3. The largest absolute Gasteiger partial charge is 0.416 e. The summed E-state index contributed by atoms with van der Waals surface area (Å²) in [6.45, 7) is 10.4. The van der Waals surface area contributed by atoms with E-state index in [1.165, 1.54) is 55.0 Å². The van der Waals surface area contributed by atoms with E-state index in [0.29, 0.717) is 124 Å². The number of amides is 6. The highest BCUT2D eigenvalue weighted by molar-refractivity contribution is 6.07. The van der Waals surface area contributed by atoms with Crippen LogP contribution in [-0.2, 0) is 40.2 Å². The molecule has 0 radical (unpaired) electrons. The Morgan fingerprint density at radius 3 is 1.16 bits per heavy atom. The van der Waals surface area contributed by atoms with Gasteiger partial charge in [0.1, 0.15) is 0 Å². The normalized spacial score (nSPS) is 16.4. The standard InChI is InChI=1S/C26H29F2N5O3.C25H26F3N5O3.C25H29F2N5O3/c27-24(28)17-4-1-5-18(14-17)25(36)30-26-29-21-15-20(8-9-22(21)33(26)10-3-13-34)32-12-11-31(16-23(32)35)19-6-2-7-19;26-25(27,28)17-4-1-3-16(13-17)23(36)30-24-29-20-14-19(7-8-21(20)33(24)9-2-12-34)32-11-10-31(15-22(32)35)18-5-6-18;1-16(2)30-10-11-31(22(34)15-30)19-7-8-21-20(14-19)28-25(32(21)9-4-12-33)29-24(35)18-6-3-5-17(13-18)23(26)27/h1,4-5,8-9,14-15,19,24,34H,2-3,6-7,10-13,16H2,(H,29,30,36);1,3-4,7-8,13-14,18,34H,2,5-6,9-12,15H2,(H,29,30,36);3,5-8,13-14,16,23,33H,4,9-12,15H2,1-2H3,(H,28,29,35). The van der Waals surface area contributed by atoms with E-state index in [1.807, 2.05) is 36.4 Å². The lowest BCUT2D eigenvalue weighted by atomic mass is 9.91. The van der Waals surface area contributed by atoms with E-state index in [2.05, 4.69) is 59.4 Å². The number of rotatable bonds is 23. The van der Waals surface area contributed by atoms with Crippen LogP contribution in [0.25, 0.3) is 33.1 Å². The van der Waals surface area contributed by atoms with Crippen LogP contribution in [-0.4, -0.2) is 191 Å². The number of nitrogens with zero attached hydrogens (tertiary/aromatic N) is 12. The zero-order valence-corrected chi connectivity index (χ0v) is 59.1. The van der Waals surface area contributed by atoms with Crippen molar-refractivity contribution in [3.8, 4) is 0 Å². The molecule has 5 fully saturated rings. The second-order valence-electron chi connectivity index (χ2n) is 27.3. The summed E-state index contributed by atoms with van der Waals surface area (Å²) < 4.78 is 96.8. The molecule has 0 atom stereocenters. The number of halogens is 7. The Bertz CT molecular complexity index is 4730. The molecule has 5 aliphatic rings. The highest BCUT2D eigenvalue weighted by atomic mass is 19.4. The zero-order chi connectivity index (χ0) is 75.8. The van der Waals surface area contributed by atoms with Crippen molar-refractivity contribution in [2.75, 3.05) is 109 Å². The third kappa shape index (κ3) is 17.9. The third-order valence-electron chi connectivity index (χ3n) is 19.8. The molecule has 2 saturated carbocycles. The molecule has 6 heterocycles. The molecule has 0 unspecified atom stereocenters. The number of carbonyl (C=O) groups excluding carboxylic acids is 6. The molecule has 9 aromatic rings. The van der Waals surface area contributed by atoms with Crippen LogP contribution in [0.15, 0.2) is 127 Å². The Labute approximate surface area is 611 Å². The van der Waals surface area contributed by atoms with Crippen molar-refractivity contribution in [3.63, 3.8) is 0 Å². The van der Waals surface area contributed by atoms with Crippen LogP contribution in [0.2, 0.25) is 0 Å². The molecular weight excluding hydrogens is 1400 g/mol. The Hall–Kier alpha value is -10.2. The van der Waals surface area contributed by atoms with Gasteiger partial charge in [-0.15, -0.1) is 0 Å². The predicted octanol–water partition coefficient (Wildman–Crippen LogP) is 11.0. The molecule has 6 N–H and O–H groups in total. The molecular formula is C76H84F7N15O9. The van der Waals surface area contributed by atoms with Gasteiger partial charge in [0, 0.05) is 142 Å². The molecule has 0 spiro atoms. The molecule has 3 aliphatic heterocycles. The van der Waals surface area contributed by atoms with Crippen LogP contribution >= 0.6 is 0 Å². The van der Waals surface area contributed by atoms with Crippen molar-refractivity contribution < 1.29 is 74.8 Å². The van der Waals surface area contributed by atoms with Gasteiger partial charge in [-0.1, -0.05) is 36.8 Å². The number of benzene rings is 6. The summed E-state index contributed by atoms with van der Waals surface area (Å²) in [5.74, 6) is -1.11. The fourth-order valence-electron chi connectivity index (χ4n) is 13.6. The predicted molar refractivity (Wildman–Crippen MR) is 390 cm³/mol. The van der Waals surface area contributed by atoms with Crippen LogP contribution in [0.1, 0.15) is 126 Å². The fourth-order valence-corrected chi connectivity index (χ4v) is 13.6. The molecule has 31 heteroatoms. The average molecular weight is 1480 g/mol. The smallest absolute Gasteiger partial charge is 0.396 e. The van der Waals surface area contributed by atoms with E-state index in [1.54, 1.807) is 46.6 Å². The zero-order valence-electron chi connectivity index (χ0n) is 59.1. The van der Waals surface area contributed by atoms with Crippen molar-refractivity contribution in [1.82, 2.24) is 43.4 Å². The Morgan fingerprint density at radius 1 is 0.467 bits per heavy atom. The van der Waals surface area contributed by atoms with Gasteiger partial charge in [0.25, 0.3) is 30.6 Å². The lowest BCUT2D eigenvalue weighted by Gasteiger charge is -2.42. The summed E-state index contributed by atoms with van der Waals surface area (Å²) in [5, 5.41) is 36.1. The van der Waals surface area contributed by atoms with Gasteiger partial charge in [0.15, 0.2) is 0 Å². The van der Waals surface area contributed by atoms with Gasteiger partial charge >= 0.3 is 6.18 Å². The lowest BCUT2D eigenvalue weighted by molar-refractivity contribution is -0.137. The molecule has 0 bridgehead atoms. The number of piperazine rings is 3. The number of aliphatic hydroxyl groups excluding tert-OH is 3. The van der Waals surface area contributed by atoms with E-state index < -0.39 is 42.3 Å². The lowest BCUT2D eigenvalue weighted by Crippen LogP contribution is -2.55. The monoisotopic (exact) mass is 1480 g/mol. The highest BCUT2D eigenvalue weighted by Crippen LogP contribution is 2.36. The molecule has 107 heavy (non-hydrogen) atoms. The van der Waals surface area contributed by atoms with Crippen LogP contribution < -0.4 is 30.7 Å². The quantitative estimate of drug-likeness (QED) is 0.0325. The van der Waals surface area contributed by atoms with Crippen LogP contribution in [0.3, 0.4) is 0 Å². The molecule has 14 rings (SSSR count). The van der Waals surface area contributed by atoms with E-state index in [0.717, 1.165) is 92.0 Å². The van der Waals surface area contributed by atoms with Gasteiger partial charge < -0.3 is 43.7 Å². The number of hydrogen-bond acceptors (Lipinski definition) is 15. The van der Waals surface area contributed by atoms with Gasteiger partial charge in [0.2, 0.25) is 35.6 Å². The van der Waals surface area contributed by atoms with Gasteiger partial charge in [-0.2, -0.15) is 13.2 Å². The van der Waals surface area contributed by atoms with Crippen molar-refractivity contribution in [2.24, 2.45) is 0 Å². The highest BCUT2D eigenvalue weighted by Gasteiger charge is 2.37. The molecule has 3 saturated heterocycles. The Balaban J connectivity index is 0.000000150. The number of fused-ring (bicyclic) bond motifs is 3. The maximum atomic E-state index is 13.1. The number of nitrogens with one attached hydrogen (secondary N) is 3. The van der Waals surface area contributed by atoms with E-state index in [4.69, 9.17) is 0 Å². The number of anilines is 6. The van der Waals surface area contributed by atoms with E-state index in [-0.39, 0.29) is 83.2 Å². The van der Waals surface area contributed by atoms with Gasteiger partial charge in [-0.05, 0) is 156 Å². The molecule has 24 nitrogen and oxygen atoms in total. The third-order valence-corrected chi connectivity index (χ3v) is 19.8. The Morgan fingerprint density at radius 2 is 0.832 bits per heavy atom. The average Bonchev–Trinajstić information content (AvgIpc) is 1.77. The fraction of sp³-hybridized carbons (Fsp3) is 0.408. The number of alkyl halides is 7. The first kappa shape index (κ1) is 76.5. The number of aryl methyl sites for hydroxylation is 3. The molecule has 3 aromatic heterocycles. The first-order valence-electron chi connectivity index (χ1n) is 35.8. The first-order chi connectivity index (χ1) is 51.5. The van der Waals surface area contributed by atoms with Crippen LogP contribution in [0, 0.1) is 0 Å². The minimum absolute atomic E-state index is 0.0106. The number of aromatic nitrogens is 6. The number of aliphatic hydroxyl groups is 3. The van der Waals surface area contributed by atoms with Crippen LogP contribution in [0.4, 0.5) is 65.6 Å². The summed E-state index contributed by atoms with van der Waals surface area (Å²) >= 11 is 0. The maximum absolute atomic E-state index is 13.1. The van der Waals surface area contributed by atoms with E-state index in [9.17, 15) is 74.8 Å². The summed E-state index contributed by atoms with van der Waals surface area (Å²) in [5.41, 5.74) is 4.68.